The van der Waals surface area contributed by atoms with Gasteiger partial charge in [-0.1, -0.05) is 49.4 Å². The number of nitrogens with one attached hydrogen (secondary N) is 1. The summed E-state index contributed by atoms with van der Waals surface area (Å²) >= 11 is 0. The lowest BCUT2D eigenvalue weighted by Gasteiger charge is -2.08. The summed E-state index contributed by atoms with van der Waals surface area (Å²) in [5, 5.41) is 4.35. The highest BCUT2D eigenvalue weighted by molar-refractivity contribution is 5.96. The van der Waals surface area contributed by atoms with Crippen LogP contribution in [-0.2, 0) is 0 Å². The van der Waals surface area contributed by atoms with Gasteiger partial charge in [0.05, 0.1) is 0 Å². The van der Waals surface area contributed by atoms with Crippen LogP contribution in [0.5, 0.6) is 0 Å². The fraction of sp³-hybridized carbons (Fsp3) is 0.300. The van der Waals surface area contributed by atoms with E-state index in [4.69, 9.17) is 0 Å². The molecule has 118 valence electrons. The van der Waals surface area contributed by atoms with E-state index in [9.17, 15) is 4.79 Å². The molecule has 1 fully saturated rings. The summed E-state index contributed by atoms with van der Waals surface area (Å²) in [5.41, 5.74) is 6.75. The fourth-order valence-electron chi connectivity index (χ4n) is 3.12. The van der Waals surface area contributed by atoms with Gasteiger partial charge in [-0.2, -0.15) is 5.10 Å². The van der Waals surface area contributed by atoms with Crippen molar-refractivity contribution in [2.24, 2.45) is 11.0 Å². The Morgan fingerprint density at radius 1 is 1.09 bits per heavy atom. The zero-order valence-corrected chi connectivity index (χ0v) is 13.5. The molecule has 1 atom stereocenters. The third-order valence-corrected chi connectivity index (χ3v) is 4.50. The molecular formula is C20H22N2O. The Kier molecular flexibility index (Phi) is 4.86. The van der Waals surface area contributed by atoms with Gasteiger partial charge in [-0.25, -0.2) is 5.43 Å². The normalized spacial score (nSPS) is 19.0. The molecule has 1 saturated carbocycles. The molecule has 3 rings (SSSR count). The number of hydrogen-bond donors (Lipinski definition) is 1. The molecule has 0 heterocycles. The Balaban J connectivity index is 1.67. The van der Waals surface area contributed by atoms with Crippen molar-refractivity contribution in [3.05, 3.63) is 60.2 Å². The van der Waals surface area contributed by atoms with E-state index in [-0.39, 0.29) is 5.91 Å². The van der Waals surface area contributed by atoms with Crippen LogP contribution in [0.3, 0.4) is 0 Å². The molecule has 0 saturated heterocycles. The summed E-state index contributed by atoms with van der Waals surface area (Å²) < 4.78 is 0. The Labute approximate surface area is 137 Å². The van der Waals surface area contributed by atoms with Crippen LogP contribution >= 0.6 is 0 Å². The lowest BCUT2D eigenvalue weighted by Crippen LogP contribution is -2.20. The standard InChI is InChI=1S/C20H22N2O/c1-2-15-9-6-10-19(15)21-22-20(23)18-13-11-17(12-14-18)16-7-4-3-5-8-16/h3-5,7-8,11-15H,2,6,9-10H2,1H3,(H,22,23)/b21-19-/t15-/m1/s1. The molecule has 3 heteroatoms. The smallest absolute Gasteiger partial charge is 0.267 e. The first-order chi connectivity index (χ1) is 11.3. The summed E-state index contributed by atoms with van der Waals surface area (Å²) in [5.74, 6) is 0.398. The van der Waals surface area contributed by atoms with E-state index in [1.807, 2.05) is 42.5 Å². The number of carbonyl (C=O) groups is 1. The van der Waals surface area contributed by atoms with Gasteiger partial charge in [-0.3, -0.25) is 4.79 Å². The first kappa shape index (κ1) is 15.5. The lowest BCUT2D eigenvalue weighted by molar-refractivity contribution is 0.0954. The van der Waals surface area contributed by atoms with Gasteiger partial charge in [0.15, 0.2) is 0 Å². The fourth-order valence-corrected chi connectivity index (χ4v) is 3.12. The highest BCUT2D eigenvalue weighted by atomic mass is 16.2. The van der Waals surface area contributed by atoms with Gasteiger partial charge < -0.3 is 0 Å². The van der Waals surface area contributed by atoms with Crippen LogP contribution in [0.25, 0.3) is 11.1 Å². The van der Waals surface area contributed by atoms with E-state index in [1.165, 1.54) is 12.8 Å². The molecule has 0 radical (unpaired) electrons. The van der Waals surface area contributed by atoms with Gasteiger partial charge in [-0.05, 0) is 54.9 Å². The van der Waals surface area contributed by atoms with E-state index in [0.29, 0.717) is 11.5 Å². The summed E-state index contributed by atoms with van der Waals surface area (Å²) in [4.78, 5) is 12.2. The van der Waals surface area contributed by atoms with Gasteiger partial charge in [0.2, 0.25) is 0 Å². The van der Waals surface area contributed by atoms with E-state index < -0.39 is 0 Å². The quantitative estimate of drug-likeness (QED) is 0.821. The Bertz CT molecular complexity index is 689. The first-order valence-corrected chi connectivity index (χ1v) is 8.30. The minimum Gasteiger partial charge on any atom is -0.267 e. The number of carbonyl (C=O) groups excluding carboxylic acids is 1. The zero-order valence-electron chi connectivity index (χ0n) is 13.5. The Hall–Kier alpha value is -2.42. The second-order valence-corrected chi connectivity index (χ2v) is 5.98. The van der Waals surface area contributed by atoms with Crippen LogP contribution in [-0.4, -0.2) is 11.6 Å². The average molecular weight is 306 g/mol. The summed E-state index contributed by atoms with van der Waals surface area (Å²) in [6, 6.07) is 17.8. The third-order valence-electron chi connectivity index (χ3n) is 4.50. The molecule has 1 aliphatic rings. The summed E-state index contributed by atoms with van der Waals surface area (Å²) in [7, 11) is 0. The maximum Gasteiger partial charge on any atom is 0.271 e. The zero-order chi connectivity index (χ0) is 16.1. The number of rotatable bonds is 4. The van der Waals surface area contributed by atoms with Crippen LogP contribution in [0.15, 0.2) is 59.7 Å². The maximum atomic E-state index is 12.2. The number of amides is 1. The maximum absolute atomic E-state index is 12.2. The molecule has 1 N–H and O–H groups in total. The molecule has 0 spiro atoms. The third kappa shape index (κ3) is 3.67. The Morgan fingerprint density at radius 3 is 2.48 bits per heavy atom. The molecule has 1 amide bonds. The van der Waals surface area contributed by atoms with E-state index in [2.05, 4.69) is 29.6 Å². The summed E-state index contributed by atoms with van der Waals surface area (Å²) in [6.45, 7) is 2.18. The lowest BCUT2D eigenvalue weighted by atomic mass is 10.0. The van der Waals surface area contributed by atoms with Crippen LogP contribution in [0, 0.1) is 5.92 Å². The molecule has 23 heavy (non-hydrogen) atoms. The van der Waals surface area contributed by atoms with Crippen molar-refractivity contribution < 1.29 is 4.79 Å². The topological polar surface area (TPSA) is 41.5 Å². The van der Waals surface area contributed by atoms with Gasteiger partial charge in [-0.15, -0.1) is 0 Å². The highest BCUT2D eigenvalue weighted by Crippen LogP contribution is 2.25. The SMILES string of the molecule is CC[C@@H]1CCC/C1=N/NC(=O)c1ccc(-c2ccccc2)cc1. The highest BCUT2D eigenvalue weighted by Gasteiger charge is 2.21. The number of nitrogens with zero attached hydrogens (tertiary/aromatic N) is 1. The molecule has 1 aliphatic carbocycles. The van der Waals surface area contributed by atoms with Crippen molar-refractivity contribution in [2.45, 2.75) is 32.6 Å². The van der Waals surface area contributed by atoms with Crippen molar-refractivity contribution in [3.63, 3.8) is 0 Å². The van der Waals surface area contributed by atoms with Crippen molar-refractivity contribution in [1.29, 1.82) is 0 Å². The minimum atomic E-state index is -0.140. The number of benzene rings is 2. The van der Waals surface area contributed by atoms with E-state index in [0.717, 1.165) is 29.7 Å². The van der Waals surface area contributed by atoms with Gasteiger partial charge in [0, 0.05) is 11.3 Å². The van der Waals surface area contributed by atoms with Gasteiger partial charge in [0.1, 0.15) is 0 Å². The largest absolute Gasteiger partial charge is 0.271 e. The molecule has 2 aromatic carbocycles. The monoisotopic (exact) mass is 306 g/mol. The molecule has 0 aliphatic heterocycles. The van der Waals surface area contributed by atoms with Crippen LogP contribution < -0.4 is 5.43 Å². The predicted octanol–water partition coefficient (Wildman–Crippen LogP) is 4.65. The average Bonchev–Trinajstić information content (AvgIpc) is 3.08. The van der Waals surface area contributed by atoms with Crippen molar-refractivity contribution in [3.8, 4) is 11.1 Å². The van der Waals surface area contributed by atoms with E-state index >= 15 is 0 Å². The van der Waals surface area contributed by atoms with Crippen molar-refractivity contribution >= 4 is 11.6 Å². The van der Waals surface area contributed by atoms with Gasteiger partial charge >= 0.3 is 0 Å². The van der Waals surface area contributed by atoms with Gasteiger partial charge in [0.25, 0.3) is 5.91 Å². The Morgan fingerprint density at radius 2 is 1.78 bits per heavy atom. The molecule has 0 unspecified atom stereocenters. The number of hydrazone groups is 1. The van der Waals surface area contributed by atoms with Crippen molar-refractivity contribution in [1.82, 2.24) is 5.43 Å². The summed E-state index contributed by atoms with van der Waals surface area (Å²) in [6.07, 6.45) is 4.47. The molecular weight excluding hydrogens is 284 g/mol. The molecule has 3 nitrogen and oxygen atoms in total. The van der Waals surface area contributed by atoms with Crippen LogP contribution in [0.2, 0.25) is 0 Å². The van der Waals surface area contributed by atoms with Crippen molar-refractivity contribution in [2.75, 3.05) is 0 Å². The molecule has 0 bridgehead atoms. The van der Waals surface area contributed by atoms with Crippen LogP contribution in [0.4, 0.5) is 0 Å². The predicted molar refractivity (Wildman–Crippen MR) is 94.4 cm³/mol. The minimum absolute atomic E-state index is 0.140. The van der Waals surface area contributed by atoms with Crippen LogP contribution in [0.1, 0.15) is 43.0 Å². The first-order valence-electron chi connectivity index (χ1n) is 8.30. The second-order valence-electron chi connectivity index (χ2n) is 5.98. The number of hydrogen-bond acceptors (Lipinski definition) is 2. The molecule has 0 aromatic heterocycles. The molecule has 2 aromatic rings. The van der Waals surface area contributed by atoms with E-state index in [1.54, 1.807) is 0 Å². The second kappa shape index (κ2) is 7.23.